The molecule has 0 spiro atoms. The van der Waals surface area contributed by atoms with Crippen molar-refractivity contribution in [2.75, 3.05) is 24.3 Å². The molecule has 1 fully saturated rings. The van der Waals surface area contributed by atoms with Crippen LogP contribution in [0.5, 0.6) is 5.75 Å². The van der Waals surface area contributed by atoms with E-state index < -0.39 is 0 Å². The van der Waals surface area contributed by atoms with E-state index >= 15 is 0 Å². The minimum absolute atomic E-state index is 0.648. The van der Waals surface area contributed by atoms with E-state index in [1.54, 1.807) is 0 Å². The van der Waals surface area contributed by atoms with E-state index in [1.807, 2.05) is 19.1 Å². The van der Waals surface area contributed by atoms with Gasteiger partial charge in [0.15, 0.2) is 0 Å². The Morgan fingerprint density at radius 3 is 2.61 bits per heavy atom. The quantitative estimate of drug-likeness (QED) is 0.830. The molecule has 1 aromatic rings. The standard InChI is InChI=1S/C15H24N2O/c1-3-18-15-10-12(16)9-14(11-15)17(2)13-7-5-4-6-8-13/h9-11,13H,3-8,16H2,1-2H3. The Hall–Kier alpha value is -1.38. The molecule has 0 aromatic heterocycles. The van der Waals surface area contributed by atoms with E-state index in [0.717, 1.165) is 11.4 Å². The summed E-state index contributed by atoms with van der Waals surface area (Å²) >= 11 is 0. The number of rotatable bonds is 4. The molecule has 3 nitrogen and oxygen atoms in total. The summed E-state index contributed by atoms with van der Waals surface area (Å²) < 4.78 is 5.56. The van der Waals surface area contributed by atoms with Gasteiger partial charge in [-0.1, -0.05) is 19.3 Å². The van der Waals surface area contributed by atoms with Gasteiger partial charge < -0.3 is 15.4 Å². The Morgan fingerprint density at radius 2 is 1.94 bits per heavy atom. The van der Waals surface area contributed by atoms with Gasteiger partial charge in [-0.25, -0.2) is 0 Å². The fraction of sp³-hybridized carbons (Fsp3) is 0.600. The van der Waals surface area contributed by atoms with Gasteiger partial charge in [-0.3, -0.25) is 0 Å². The van der Waals surface area contributed by atoms with Crippen molar-refractivity contribution in [3.05, 3.63) is 18.2 Å². The van der Waals surface area contributed by atoms with Crippen LogP contribution in [-0.2, 0) is 0 Å². The van der Waals surface area contributed by atoms with Gasteiger partial charge in [-0.2, -0.15) is 0 Å². The maximum atomic E-state index is 5.95. The van der Waals surface area contributed by atoms with E-state index in [-0.39, 0.29) is 0 Å². The van der Waals surface area contributed by atoms with Crippen molar-refractivity contribution in [1.82, 2.24) is 0 Å². The maximum absolute atomic E-state index is 5.95. The maximum Gasteiger partial charge on any atom is 0.123 e. The third-order valence-corrected chi connectivity index (χ3v) is 3.75. The molecule has 1 aromatic carbocycles. The lowest BCUT2D eigenvalue weighted by molar-refractivity contribution is 0.340. The number of nitrogen functional groups attached to an aromatic ring is 1. The van der Waals surface area contributed by atoms with Gasteiger partial charge in [0, 0.05) is 36.6 Å². The van der Waals surface area contributed by atoms with E-state index in [4.69, 9.17) is 10.5 Å². The number of ether oxygens (including phenoxy) is 1. The number of nitrogens with two attached hydrogens (primary N) is 1. The summed E-state index contributed by atoms with van der Waals surface area (Å²) in [5, 5.41) is 0. The van der Waals surface area contributed by atoms with E-state index in [9.17, 15) is 0 Å². The van der Waals surface area contributed by atoms with Crippen molar-refractivity contribution in [1.29, 1.82) is 0 Å². The third-order valence-electron chi connectivity index (χ3n) is 3.75. The monoisotopic (exact) mass is 248 g/mol. The van der Waals surface area contributed by atoms with Gasteiger partial charge in [0.05, 0.1) is 6.61 Å². The summed E-state index contributed by atoms with van der Waals surface area (Å²) in [6.45, 7) is 2.67. The highest BCUT2D eigenvalue weighted by Gasteiger charge is 2.18. The Kier molecular flexibility index (Phi) is 4.34. The van der Waals surface area contributed by atoms with Crippen molar-refractivity contribution in [3.63, 3.8) is 0 Å². The third kappa shape index (κ3) is 3.09. The van der Waals surface area contributed by atoms with Crippen molar-refractivity contribution in [2.24, 2.45) is 0 Å². The van der Waals surface area contributed by atoms with Crippen LogP contribution < -0.4 is 15.4 Å². The van der Waals surface area contributed by atoms with Gasteiger partial charge in [0.1, 0.15) is 5.75 Å². The summed E-state index contributed by atoms with van der Waals surface area (Å²) in [5.41, 5.74) is 7.90. The molecule has 1 saturated carbocycles. The molecule has 0 unspecified atom stereocenters. The highest BCUT2D eigenvalue weighted by atomic mass is 16.5. The van der Waals surface area contributed by atoms with E-state index in [1.165, 1.54) is 37.8 Å². The van der Waals surface area contributed by atoms with Crippen LogP contribution in [0.1, 0.15) is 39.0 Å². The van der Waals surface area contributed by atoms with Gasteiger partial charge in [0.2, 0.25) is 0 Å². The largest absolute Gasteiger partial charge is 0.494 e. The van der Waals surface area contributed by atoms with E-state index in [2.05, 4.69) is 18.0 Å². The number of anilines is 2. The Balaban J connectivity index is 2.15. The fourth-order valence-corrected chi connectivity index (χ4v) is 2.74. The Labute approximate surface area is 110 Å². The predicted molar refractivity (Wildman–Crippen MR) is 77.3 cm³/mol. The average molecular weight is 248 g/mol. The van der Waals surface area contributed by atoms with Crippen LogP contribution in [0.25, 0.3) is 0 Å². The van der Waals surface area contributed by atoms with Gasteiger partial charge in [-0.15, -0.1) is 0 Å². The summed E-state index contributed by atoms with van der Waals surface area (Å²) in [5.74, 6) is 0.871. The van der Waals surface area contributed by atoms with Crippen LogP contribution in [0.2, 0.25) is 0 Å². The normalized spacial score (nSPS) is 16.6. The summed E-state index contributed by atoms with van der Waals surface area (Å²) in [4.78, 5) is 2.36. The fourth-order valence-electron chi connectivity index (χ4n) is 2.74. The lowest BCUT2D eigenvalue weighted by Gasteiger charge is -2.33. The zero-order chi connectivity index (χ0) is 13.0. The van der Waals surface area contributed by atoms with Crippen LogP contribution in [-0.4, -0.2) is 19.7 Å². The Morgan fingerprint density at radius 1 is 1.22 bits per heavy atom. The lowest BCUT2D eigenvalue weighted by atomic mass is 9.94. The first kappa shape index (κ1) is 13.1. The van der Waals surface area contributed by atoms with Crippen molar-refractivity contribution < 1.29 is 4.74 Å². The second-order valence-electron chi connectivity index (χ2n) is 5.10. The highest BCUT2D eigenvalue weighted by molar-refractivity contribution is 5.60. The van der Waals surface area contributed by atoms with Crippen molar-refractivity contribution in [3.8, 4) is 5.75 Å². The molecular weight excluding hydrogens is 224 g/mol. The van der Waals surface area contributed by atoms with Crippen molar-refractivity contribution >= 4 is 11.4 Å². The van der Waals surface area contributed by atoms with E-state index in [0.29, 0.717) is 12.6 Å². The highest BCUT2D eigenvalue weighted by Crippen LogP contribution is 2.30. The molecule has 1 aliphatic carbocycles. The van der Waals surface area contributed by atoms with Gasteiger partial charge >= 0.3 is 0 Å². The zero-order valence-corrected chi connectivity index (χ0v) is 11.5. The van der Waals surface area contributed by atoms with Crippen LogP contribution in [0, 0.1) is 0 Å². The molecule has 0 radical (unpaired) electrons. The molecule has 0 aliphatic heterocycles. The zero-order valence-electron chi connectivity index (χ0n) is 11.5. The molecule has 0 saturated heterocycles. The smallest absolute Gasteiger partial charge is 0.123 e. The molecule has 3 heteroatoms. The summed E-state index contributed by atoms with van der Waals surface area (Å²) in [7, 11) is 2.17. The molecule has 0 bridgehead atoms. The molecule has 2 rings (SSSR count). The average Bonchev–Trinajstić information content (AvgIpc) is 2.38. The lowest BCUT2D eigenvalue weighted by Crippen LogP contribution is -2.33. The van der Waals surface area contributed by atoms with Crippen molar-refractivity contribution in [2.45, 2.75) is 45.1 Å². The minimum atomic E-state index is 0.648. The minimum Gasteiger partial charge on any atom is -0.494 e. The SMILES string of the molecule is CCOc1cc(N)cc(N(C)C2CCCCC2)c1. The number of hydrogen-bond donors (Lipinski definition) is 1. The number of benzene rings is 1. The molecule has 2 N–H and O–H groups in total. The molecule has 0 atom stereocenters. The first-order chi connectivity index (χ1) is 8.70. The number of hydrogen-bond acceptors (Lipinski definition) is 3. The summed E-state index contributed by atoms with van der Waals surface area (Å²) in [6, 6.07) is 6.67. The Bertz CT molecular complexity index is 386. The van der Waals surface area contributed by atoms with Crippen LogP contribution in [0.4, 0.5) is 11.4 Å². The first-order valence-corrected chi connectivity index (χ1v) is 6.97. The van der Waals surface area contributed by atoms with Gasteiger partial charge in [-0.05, 0) is 25.8 Å². The second kappa shape index (κ2) is 5.98. The molecule has 18 heavy (non-hydrogen) atoms. The second-order valence-corrected chi connectivity index (χ2v) is 5.10. The van der Waals surface area contributed by atoms with Crippen LogP contribution >= 0.6 is 0 Å². The predicted octanol–water partition coefficient (Wildman–Crippen LogP) is 3.44. The molecule has 1 aliphatic rings. The topological polar surface area (TPSA) is 38.5 Å². The van der Waals surface area contributed by atoms with Crippen LogP contribution in [0.15, 0.2) is 18.2 Å². The molecule has 0 amide bonds. The van der Waals surface area contributed by atoms with Gasteiger partial charge in [0.25, 0.3) is 0 Å². The first-order valence-electron chi connectivity index (χ1n) is 6.97. The van der Waals surface area contributed by atoms with Crippen LogP contribution in [0.3, 0.4) is 0 Å². The molecular formula is C15H24N2O. The summed E-state index contributed by atoms with van der Waals surface area (Å²) in [6.07, 6.45) is 6.64. The molecule has 100 valence electrons. The molecule has 0 heterocycles. The number of nitrogens with zero attached hydrogens (tertiary/aromatic N) is 1.